The lowest BCUT2D eigenvalue weighted by Crippen LogP contribution is -3.14. The third-order valence-electron chi connectivity index (χ3n) is 4.11. The van der Waals surface area contributed by atoms with E-state index in [2.05, 4.69) is 12.4 Å². The fourth-order valence-corrected chi connectivity index (χ4v) is 3.66. The molecule has 14 heavy (non-hydrogen) atoms. The van der Waals surface area contributed by atoms with Crippen LogP contribution in [0, 0.1) is 5.41 Å². The Morgan fingerprint density at radius 1 is 1.21 bits per heavy atom. The summed E-state index contributed by atoms with van der Waals surface area (Å²) in [5.41, 5.74) is 5.25. The molecule has 4 aliphatic heterocycles. The van der Waals surface area contributed by atoms with E-state index in [1.54, 1.807) is 9.80 Å². The summed E-state index contributed by atoms with van der Waals surface area (Å²) in [6.07, 6.45) is 0. The number of nitrogens with one attached hydrogen (secondary N) is 3. The van der Waals surface area contributed by atoms with Gasteiger partial charge in [-0.1, -0.05) is 0 Å². The first-order valence-corrected chi connectivity index (χ1v) is 5.51. The molecule has 4 rings (SSSR count). The molecule has 2 unspecified atom stereocenters. The van der Waals surface area contributed by atoms with Crippen molar-refractivity contribution in [1.82, 2.24) is 5.48 Å². The van der Waals surface area contributed by atoms with Crippen LogP contribution < -0.4 is 15.3 Å². The second-order valence-corrected chi connectivity index (χ2v) is 5.36. The third-order valence-corrected chi connectivity index (χ3v) is 4.11. The minimum Gasteiger partial charge on any atom is -0.326 e. The molecule has 4 heteroatoms. The van der Waals surface area contributed by atoms with Gasteiger partial charge in [-0.2, -0.15) is 0 Å². The SMILES string of the molecule is CC12C[NH+]3CC[NH+](CC(=C1NO)C3)C2. The summed E-state index contributed by atoms with van der Waals surface area (Å²) in [6.45, 7) is 9.53. The summed E-state index contributed by atoms with van der Waals surface area (Å²) in [5.74, 6) is 0. The number of fused-ring (bicyclic) bond motifs is 1. The van der Waals surface area contributed by atoms with Crippen LogP contribution in [-0.4, -0.2) is 44.5 Å². The van der Waals surface area contributed by atoms with Crippen molar-refractivity contribution >= 4 is 0 Å². The Kier molecular flexibility index (Phi) is 1.69. The molecule has 78 valence electrons. The zero-order chi connectivity index (χ0) is 9.76. The normalized spacial score (nSPS) is 45.6. The highest BCUT2D eigenvalue weighted by Gasteiger charge is 2.50. The van der Waals surface area contributed by atoms with Crippen molar-refractivity contribution in [2.75, 3.05) is 39.3 Å². The molecule has 0 aromatic rings. The van der Waals surface area contributed by atoms with E-state index in [0.29, 0.717) is 0 Å². The lowest BCUT2D eigenvalue weighted by molar-refractivity contribution is -0.918. The van der Waals surface area contributed by atoms with Crippen molar-refractivity contribution in [3.8, 4) is 0 Å². The highest BCUT2D eigenvalue weighted by atomic mass is 16.5. The number of hydrogen-bond donors (Lipinski definition) is 4. The van der Waals surface area contributed by atoms with Crippen LogP contribution in [-0.2, 0) is 0 Å². The van der Waals surface area contributed by atoms with Crippen LogP contribution in [0.1, 0.15) is 6.92 Å². The summed E-state index contributed by atoms with van der Waals surface area (Å²) in [7, 11) is 0. The van der Waals surface area contributed by atoms with Crippen LogP contribution in [0.3, 0.4) is 0 Å². The fourth-order valence-electron chi connectivity index (χ4n) is 3.66. The molecule has 2 atom stereocenters. The minimum absolute atomic E-state index is 0.196. The van der Waals surface area contributed by atoms with Gasteiger partial charge in [0.1, 0.15) is 31.6 Å². The fraction of sp³-hybridized carbons (Fsp3) is 0.800. The zero-order valence-corrected chi connectivity index (χ0v) is 8.69. The quantitative estimate of drug-likeness (QED) is 0.339. The van der Waals surface area contributed by atoms with Gasteiger partial charge in [0, 0.05) is 0 Å². The molecule has 0 spiro atoms. The number of hydroxylamine groups is 1. The topological polar surface area (TPSA) is 41.1 Å². The van der Waals surface area contributed by atoms with Crippen molar-refractivity contribution in [2.24, 2.45) is 5.41 Å². The molecule has 4 nitrogen and oxygen atoms in total. The first-order chi connectivity index (χ1) is 6.71. The maximum Gasteiger partial charge on any atom is 0.127 e. The second kappa shape index (κ2) is 2.72. The predicted molar refractivity (Wildman–Crippen MR) is 51.2 cm³/mol. The van der Waals surface area contributed by atoms with Crippen LogP contribution in [0.4, 0.5) is 0 Å². The Balaban J connectivity index is 2.09. The molecule has 2 saturated heterocycles. The molecule has 4 aliphatic rings. The van der Waals surface area contributed by atoms with Gasteiger partial charge in [-0.3, -0.25) is 10.7 Å². The van der Waals surface area contributed by atoms with Crippen LogP contribution >= 0.6 is 0 Å². The van der Waals surface area contributed by atoms with Crippen LogP contribution in [0.2, 0.25) is 0 Å². The van der Waals surface area contributed by atoms with E-state index >= 15 is 0 Å². The minimum atomic E-state index is 0.196. The molecule has 4 bridgehead atoms. The summed E-state index contributed by atoms with van der Waals surface area (Å²) in [6, 6.07) is 0. The molecule has 0 aliphatic carbocycles. The molecule has 0 aromatic carbocycles. The summed E-state index contributed by atoms with van der Waals surface area (Å²) in [5, 5.41) is 9.23. The summed E-state index contributed by atoms with van der Waals surface area (Å²) < 4.78 is 0. The standard InChI is InChI=1S/C10H17N3O/c1-10-6-12-2-3-13(7-10)5-8(4-12)9(10)11-14/h11,14H,2-7H2,1H3/p+2. The van der Waals surface area contributed by atoms with Gasteiger partial charge >= 0.3 is 0 Å². The van der Waals surface area contributed by atoms with Gasteiger partial charge in [-0.15, -0.1) is 0 Å². The molecule has 0 radical (unpaired) electrons. The van der Waals surface area contributed by atoms with E-state index in [1.165, 1.54) is 31.8 Å². The molecule has 0 aromatic heterocycles. The van der Waals surface area contributed by atoms with Gasteiger partial charge in [0.15, 0.2) is 0 Å². The first kappa shape index (κ1) is 8.71. The number of rotatable bonds is 1. The molecule has 4 N–H and O–H groups in total. The van der Waals surface area contributed by atoms with E-state index in [9.17, 15) is 5.21 Å². The number of hydrogen-bond acceptors (Lipinski definition) is 2. The predicted octanol–water partition coefficient (Wildman–Crippen LogP) is -2.96. The Morgan fingerprint density at radius 3 is 2.21 bits per heavy atom. The van der Waals surface area contributed by atoms with E-state index in [1.807, 2.05) is 0 Å². The van der Waals surface area contributed by atoms with Gasteiger partial charge in [0.25, 0.3) is 0 Å². The van der Waals surface area contributed by atoms with Gasteiger partial charge in [-0.05, 0) is 6.92 Å². The molecule has 0 saturated carbocycles. The molecular weight excluding hydrogens is 178 g/mol. The summed E-state index contributed by atoms with van der Waals surface area (Å²) >= 11 is 0. The van der Waals surface area contributed by atoms with Crippen molar-refractivity contribution in [3.63, 3.8) is 0 Å². The molecular formula is C10H19N3O+2. The Labute approximate surface area is 84.1 Å². The largest absolute Gasteiger partial charge is 0.326 e. The highest BCUT2D eigenvalue weighted by Crippen LogP contribution is 2.28. The Bertz CT molecular complexity index is 282. The zero-order valence-electron chi connectivity index (χ0n) is 8.69. The van der Waals surface area contributed by atoms with Crippen molar-refractivity contribution < 1.29 is 15.0 Å². The summed E-state index contributed by atoms with van der Waals surface area (Å²) in [4.78, 5) is 3.41. The van der Waals surface area contributed by atoms with Crippen LogP contribution in [0.15, 0.2) is 11.3 Å². The average Bonchev–Trinajstić information content (AvgIpc) is 2.32. The van der Waals surface area contributed by atoms with E-state index in [4.69, 9.17) is 0 Å². The van der Waals surface area contributed by atoms with Crippen LogP contribution in [0.5, 0.6) is 0 Å². The van der Waals surface area contributed by atoms with Gasteiger partial charge < -0.3 is 9.80 Å². The van der Waals surface area contributed by atoms with Crippen LogP contribution in [0.25, 0.3) is 0 Å². The maximum atomic E-state index is 9.23. The molecule has 2 fully saturated rings. The van der Waals surface area contributed by atoms with E-state index in [0.717, 1.165) is 18.8 Å². The first-order valence-electron chi connectivity index (χ1n) is 5.51. The lowest BCUT2D eigenvalue weighted by Gasteiger charge is -2.41. The van der Waals surface area contributed by atoms with Gasteiger partial charge in [-0.25, -0.2) is 0 Å². The van der Waals surface area contributed by atoms with E-state index < -0.39 is 0 Å². The second-order valence-electron chi connectivity index (χ2n) is 5.36. The van der Waals surface area contributed by atoms with E-state index in [-0.39, 0.29) is 5.41 Å². The van der Waals surface area contributed by atoms with Crippen molar-refractivity contribution in [3.05, 3.63) is 11.3 Å². The Morgan fingerprint density at radius 2 is 1.79 bits per heavy atom. The molecule has 0 amide bonds. The lowest BCUT2D eigenvalue weighted by atomic mass is 9.78. The van der Waals surface area contributed by atoms with Gasteiger partial charge in [0.2, 0.25) is 0 Å². The average molecular weight is 197 g/mol. The maximum absolute atomic E-state index is 9.23. The van der Waals surface area contributed by atoms with Crippen molar-refractivity contribution in [2.45, 2.75) is 6.92 Å². The van der Waals surface area contributed by atoms with Crippen molar-refractivity contribution in [1.29, 1.82) is 0 Å². The number of quaternary nitrogens is 2. The highest BCUT2D eigenvalue weighted by molar-refractivity contribution is 5.24. The third kappa shape index (κ3) is 1.05. The monoisotopic (exact) mass is 197 g/mol. The van der Waals surface area contributed by atoms with Gasteiger partial charge in [0.05, 0.1) is 24.4 Å². The molecule has 4 heterocycles. The Hall–Kier alpha value is -0.580. The smallest absolute Gasteiger partial charge is 0.127 e.